The summed E-state index contributed by atoms with van der Waals surface area (Å²) in [6.45, 7) is 3.92. The maximum absolute atomic E-state index is 12.7. The molecule has 3 heterocycles. The fourth-order valence-corrected chi connectivity index (χ4v) is 6.08. The number of para-hydroxylation sites is 1. The number of carbonyl (C=O) groups is 1. The summed E-state index contributed by atoms with van der Waals surface area (Å²) >= 11 is 1.33. The third-order valence-corrected chi connectivity index (χ3v) is 7.92. The van der Waals surface area contributed by atoms with Gasteiger partial charge in [-0.2, -0.15) is 10.2 Å². The van der Waals surface area contributed by atoms with E-state index >= 15 is 0 Å². The lowest BCUT2D eigenvalue weighted by molar-refractivity contribution is -0.274. The molecule has 2 aromatic heterocycles. The number of anilines is 1. The molecule has 0 atom stereocenters. The lowest BCUT2D eigenvalue weighted by Gasteiger charge is -2.20. The number of aryl methyl sites for hydroxylation is 4. The molecule has 42 heavy (non-hydrogen) atoms. The number of fused-ring (bicyclic) bond motifs is 3. The smallest absolute Gasteiger partial charge is 0.406 e. The number of aromatic nitrogens is 4. The van der Waals surface area contributed by atoms with Crippen molar-refractivity contribution in [2.45, 2.75) is 33.1 Å². The van der Waals surface area contributed by atoms with Crippen molar-refractivity contribution >= 4 is 34.7 Å². The van der Waals surface area contributed by atoms with E-state index in [1.807, 2.05) is 32.0 Å². The summed E-state index contributed by atoms with van der Waals surface area (Å²) in [5, 5.41) is 13.7. The summed E-state index contributed by atoms with van der Waals surface area (Å²) < 4.78 is 43.4. The minimum atomic E-state index is -4.75. The molecule has 0 unspecified atom stereocenters. The highest BCUT2D eigenvalue weighted by Gasteiger charge is 2.33. The number of hydrogen-bond donors (Lipinski definition) is 0. The van der Waals surface area contributed by atoms with Gasteiger partial charge >= 0.3 is 6.36 Å². The second kappa shape index (κ2) is 10.7. The topological polar surface area (TPSA) is 97.9 Å². The SMILES string of the molecule is Cc1cccc(C)c1N1C(=O)CS/C1=N\N=C\c1ncc2c(n1)CCc1c-2nn(C)c1-c1ccc(OC(F)(F)F)cc1. The van der Waals surface area contributed by atoms with Crippen molar-refractivity contribution in [3.8, 4) is 28.3 Å². The number of benzene rings is 2. The van der Waals surface area contributed by atoms with Crippen molar-refractivity contribution in [1.82, 2.24) is 19.7 Å². The monoisotopic (exact) mass is 591 g/mol. The highest BCUT2D eigenvalue weighted by molar-refractivity contribution is 8.15. The summed E-state index contributed by atoms with van der Waals surface area (Å²) in [7, 11) is 1.79. The Morgan fingerprint density at radius 3 is 2.52 bits per heavy atom. The molecule has 0 spiro atoms. The van der Waals surface area contributed by atoms with Crippen LogP contribution < -0.4 is 9.64 Å². The average molecular weight is 592 g/mol. The van der Waals surface area contributed by atoms with Gasteiger partial charge in [-0.3, -0.25) is 14.4 Å². The zero-order valence-corrected chi connectivity index (χ0v) is 23.6. The molecule has 13 heteroatoms. The summed E-state index contributed by atoms with van der Waals surface area (Å²) in [5.41, 5.74) is 7.62. The lowest BCUT2D eigenvalue weighted by atomic mass is 9.91. The molecule has 1 aliphatic heterocycles. The van der Waals surface area contributed by atoms with Crippen LogP contribution in [0, 0.1) is 13.8 Å². The van der Waals surface area contributed by atoms with E-state index in [1.165, 1.54) is 30.1 Å². The molecule has 214 valence electrons. The van der Waals surface area contributed by atoms with E-state index in [0.29, 0.717) is 23.8 Å². The van der Waals surface area contributed by atoms with Gasteiger partial charge in [-0.05, 0) is 62.1 Å². The van der Waals surface area contributed by atoms with Crippen LogP contribution in [0.2, 0.25) is 0 Å². The van der Waals surface area contributed by atoms with Gasteiger partial charge in [0.1, 0.15) is 5.75 Å². The van der Waals surface area contributed by atoms with Gasteiger partial charge in [0.2, 0.25) is 5.91 Å². The molecule has 0 radical (unpaired) electrons. The van der Waals surface area contributed by atoms with Gasteiger partial charge < -0.3 is 4.74 Å². The Balaban J connectivity index is 1.24. The van der Waals surface area contributed by atoms with E-state index in [9.17, 15) is 18.0 Å². The fourth-order valence-electron chi connectivity index (χ4n) is 5.27. The van der Waals surface area contributed by atoms with E-state index in [2.05, 4.69) is 30.0 Å². The molecule has 1 aliphatic carbocycles. The number of ether oxygens (including phenoxy) is 1. The first kappa shape index (κ1) is 27.6. The quantitative estimate of drug-likeness (QED) is 0.221. The average Bonchev–Trinajstić information content (AvgIpc) is 3.47. The van der Waals surface area contributed by atoms with Gasteiger partial charge in [-0.1, -0.05) is 30.0 Å². The van der Waals surface area contributed by atoms with Crippen molar-refractivity contribution < 1.29 is 22.7 Å². The molecule has 0 N–H and O–H groups in total. The summed E-state index contributed by atoms with van der Waals surface area (Å²) in [6.07, 6.45) is -0.320. The van der Waals surface area contributed by atoms with Crippen molar-refractivity contribution in [2.24, 2.45) is 17.3 Å². The highest BCUT2D eigenvalue weighted by Crippen LogP contribution is 2.38. The van der Waals surface area contributed by atoms with Crippen LogP contribution in [-0.4, -0.2) is 49.2 Å². The van der Waals surface area contributed by atoms with E-state index in [4.69, 9.17) is 0 Å². The predicted molar refractivity (Wildman–Crippen MR) is 155 cm³/mol. The third-order valence-electron chi connectivity index (χ3n) is 7.00. The molecular formula is C29H24F3N7O2S. The first-order valence-corrected chi connectivity index (χ1v) is 14.0. The Bertz CT molecular complexity index is 1740. The van der Waals surface area contributed by atoms with Crippen LogP contribution in [0.4, 0.5) is 18.9 Å². The van der Waals surface area contributed by atoms with Crippen LogP contribution in [0.3, 0.4) is 0 Å². The fraction of sp³-hybridized carbons (Fsp3) is 0.241. The Morgan fingerprint density at radius 1 is 1.07 bits per heavy atom. The van der Waals surface area contributed by atoms with Crippen LogP contribution in [0.25, 0.3) is 22.5 Å². The number of nitrogens with zero attached hydrogens (tertiary/aromatic N) is 7. The van der Waals surface area contributed by atoms with Gasteiger partial charge in [0.15, 0.2) is 11.0 Å². The molecular weight excluding hydrogens is 567 g/mol. The number of amidine groups is 1. The number of hydrogen-bond acceptors (Lipinski definition) is 8. The van der Waals surface area contributed by atoms with Crippen LogP contribution in [0.15, 0.2) is 58.9 Å². The first-order valence-electron chi connectivity index (χ1n) is 13.0. The van der Waals surface area contributed by atoms with E-state index in [0.717, 1.165) is 50.6 Å². The number of alkyl halides is 3. The summed E-state index contributed by atoms with van der Waals surface area (Å²) in [4.78, 5) is 23.4. The van der Waals surface area contributed by atoms with Gasteiger partial charge in [0.25, 0.3) is 0 Å². The van der Waals surface area contributed by atoms with Gasteiger partial charge in [-0.25, -0.2) is 9.97 Å². The van der Waals surface area contributed by atoms with Crippen LogP contribution in [0.5, 0.6) is 5.75 Å². The Morgan fingerprint density at radius 2 is 1.81 bits per heavy atom. The molecule has 0 saturated carbocycles. The molecule has 4 aromatic rings. The zero-order chi connectivity index (χ0) is 29.6. The molecule has 2 aliphatic rings. The van der Waals surface area contributed by atoms with Gasteiger partial charge in [-0.15, -0.1) is 18.3 Å². The zero-order valence-electron chi connectivity index (χ0n) is 22.8. The normalized spacial score (nSPS) is 15.9. The van der Waals surface area contributed by atoms with Crippen molar-refractivity contribution in [1.29, 1.82) is 0 Å². The minimum Gasteiger partial charge on any atom is -0.406 e. The van der Waals surface area contributed by atoms with Crippen molar-refractivity contribution in [3.63, 3.8) is 0 Å². The number of rotatable bonds is 5. The predicted octanol–water partition coefficient (Wildman–Crippen LogP) is 5.63. The lowest BCUT2D eigenvalue weighted by Crippen LogP contribution is -2.30. The molecule has 1 saturated heterocycles. The number of carbonyl (C=O) groups excluding carboxylic acids is 1. The molecule has 9 nitrogen and oxygen atoms in total. The first-order chi connectivity index (χ1) is 20.1. The second-order valence-electron chi connectivity index (χ2n) is 9.85. The van der Waals surface area contributed by atoms with Gasteiger partial charge in [0.05, 0.1) is 34.7 Å². The molecule has 1 amide bonds. The van der Waals surface area contributed by atoms with E-state index in [-0.39, 0.29) is 17.4 Å². The summed E-state index contributed by atoms with van der Waals surface area (Å²) in [6, 6.07) is 11.6. The van der Waals surface area contributed by atoms with Crippen LogP contribution >= 0.6 is 11.8 Å². The third kappa shape index (κ3) is 5.27. The molecule has 1 fully saturated rings. The second-order valence-corrected chi connectivity index (χ2v) is 10.8. The molecule has 0 bridgehead atoms. The Kier molecular flexibility index (Phi) is 7.05. The number of amides is 1. The van der Waals surface area contributed by atoms with E-state index in [1.54, 1.807) is 35.0 Å². The van der Waals surface area contributed by atoms with Crippen LogP contribution in [0.1, 0.15) is 28.2 Å². The largest absolute Gasteiger partial charge is 0.573 e. The number of thioether (sulfide) groups is 1. The van der Waals surface area contributed by atoms with Gasteiger partial charge in [0, 0.05) is 29.9 Å². The molecule has 2 aromatic carbocycles. The van der Waals surface area contributed by atoms with E-state index < -0.39 is 6.36 Å². The standard InChI is InChI=1S/C29H24F3N7O2S/c1-16-5-4-6-17(2)26(16)39-24(40)15-42-28(39)36-34-14-23-33-13-21-22(35-23)12-11-20-25(21)37-38(3)27(20)18-7-9-19(10-8-18)41-29(30,31)32/h4-10,13-14H,11-12,15H2,1-3H3/b34-14+,36-28-. The summed E-state index contributed by atoms with van der Waals surface area (Å²) in [5.74, 6) is 0.340. The maximum Gasteiger partial charge on any atom is 0.573 e. The van der Waals surface area contributed by atoms with Crippen molar-refractivity contribution in [2.75, 3.05) is 10.7 Å². The maximum atomic E-state index is 12.7. The highest BCUT2D eigenvalue weighted by atomic mass is 32.2. The van der Waals surface area contributed by atoms with Crippen LogP contribution in [-0.2, 0) is 24.7 Å². The van der Waals surface area contributed by atoms with Crippen molar-refractivity contribution in [3.05, 3.63) is 76.9 Å². The Labute approximate surface area is 243 Å². The number of halogens is 3. The minimum absolute atomic E-state index is 0.0486. The molecule has 6 rings (SSSR count). The Hall–Kier alpha value is -4.52.